The lowest BCUT2D eigenvalue weighted by atomic mass is 10.1. The number of ether oxygens (including phenoxy) is 1. The fourth-order valence-corrected chi connectivity index (χ4v) is 2.45. The summed E-state index contributed by atoms with van der Waals surface area (Å²) < 4.78 is 20.3. The molecule has 2 heterocycles. The minimum Gasteiger partial charge on any atom is -0.487 e. The van der Waals surface area contributed by atoms with Gasteiger partial charge in [0.15, 0.2) is 0 Å². The average molecular weight is 303 g/mol. The van der Waals surface area contributed by atoms with E-state index in [1.165, 1.54) is 12.1 Å². The highest BCUT2D eigenvalue weighted by Crippen LogP contribution is 2.20. The normalized spacial score (nSPS) is 14.7. The molecule has 1 aliphatic heterocycles. The smallest absolute Gasteiger partial charge is 0.272 e. The summed E-state index contributed by atoms with van der Waals surface area (Å²) in [6.45, 7) is 3.85. The molecule has 1 aromatic carbocycles. The van der Waals surface area contributed by atoms with E-state index < -0.39 is 0 Å². The van der Waals surface area contributed by atoms with E-state index in [1.807, 2.05) is 6.92 Å². The second kappa shape index (κ2) is 6.17. The summed E-state index contributed by atoms with van der Waals surface area (Å²) in [5.41, 5.74) is 0.613. The van der Waals surface area contributed by atoms with Gasteiger partial charge < -0.3 is 9.64 Å². The fraction of sp³-hybridized carbons (Fsp3) is 0.375. The number of carbonyl (C=O) groups excluding carboxylic acids is 1. The van der Waals surface area contributed by atoms with Crippen LogP contribution in [0.25, 0.3) is 0 Å². The Balaban J connectivity index is 1.55. The molecule has 3 rings (SSSR count). The molecule has 0 bridgehead atoms. The van der Waals surface area contributed by atoms with Crippen LogP contribution in [0.5, 0.6) is 5.75 Å². The Hall–Kier alpha value is -2.37. The molecule has 1 aliphatic rings. The standard InChI is InChI=1S/C16H18FN3O2/c1-2-9-20-15(7-8-18-20)16(21)19-10-14(11-19)22-13-5-3-12(17)4-6-13/h3-8,14H,2,9-11H2,1H3. The maximum atomic E-state index is 12.8. The number of hydrogen-bond donors (Lipinski definition) is 0. The molecular formula is C16H18FN3O2. The van der Waals surface area contributed by atoms with E-state index in [0.29, 0.717) is 24.5 Å². The van der Waals surface area contributed by atoms with Gasteiger partial charge >= 0.3 is 0 Å². The minimum absolute atomic E-state index is 0.0232. The van der Waals surface area contributed by atoms with Crippen LogP contribution in [0.2, 0.25) is 0 Å². The van der Waals surface area contributed by atoms with Gasteiger partial charge in [0, 0.05) is 12.7 Å². The Morgan fingerprint density at radius 2 is 2.05 bits per heavy atom. The van der Waals surface area contributed by atoms with Crippen molar-refractivity contribution in [2.75, 3.05) is 13.1 Å². The summed E-state index contributed by atoms with van der Waals surface area (Å²) in [6.07, 6.45) is 2.53. The zero-order valence-electron chi connectivity index (χ0n) is 12.4. The van der Waals surface area contributed by atoms with Crippen LogP contribution in [0, 0.1) is 5.82 Å². The van der Waals surface area contributed by atoms with Crippen molar-refractivity contribution in [3.8, 4) is 5.75 Å². The van der Waals surface area contributed by atoms with Crippen molar-refractivity contribution in [1.82, 2.24) is 14.7 Å². The van der Waals surface area contributed by atoms with Gasteiger partial charge in [-0.3, -0.25) is 9.48 Å². The molecule has 0 saturated carbocycles. The number of aromatic nitrogens is 2. The summed E-state index contributed by atoms with van der Waals surface area (Å²) in [4.78, 5) is 14.1. The number of halogens is 1. The van der Waals surface area contributed by atoms with Crippen molar-refractivity contribution in [1.29, 1.82) is 0 Å². The molecule has 0 unspecified atom stereocenters. The lowest BCUT2D eigenvalue weighted by molar-refractivity contribution is 0.0168. The molecule has 22 heavy (non-hydrogen) atoms. The third kappa shape index (κ3) is 2.95. The summed E-state index contributed by atoms with van der Waals surface area (Å²) >= 11 is 0. The second-order valence-corrected chi connectivity index (χ2v) is 5.34. The van der Waals surface area contributed by atoms with Crippen LogP contribution >= 0.6 is 0 Å². The summed E-state index contributed by atoms with van der Waals surface area (Å²) in [5.74, 6) is 0.307. The lowest BCUT2D eigenvalue weighted by Crippen LogP contribution is -2.56. The molecule has 5 nitrogen and oxygen atoms in total. The van der Waals surface area contributed by atoms with Crippen LogP contribution in [0.1, 0.15) is 23.8 Å². The van der Waals surface area contributed by atoms with Gasteiger partial charge in [-0.2, -0.15) is 5.10 Å². The number of carbonyl (C=O) groups is 1. The highest BCUT2D eigenvalue weighted by Gasteiger charge is 2.34. The number of rotatable bonds is 5. The predicted octanol–water partition coefficient (Wildman–Crippen LogP) is 2.34. The van der Waals surface area contributed by atoms with Gasteiger partial charge in [-0.1, -0.05) is 6.92 Å². The van der Waals surface area contributed by atoms with E-state index >= 15 is 0 Å². The molecule has 6 heteroatoms. The first kappa shape index (κ1) is 14.6. The van der Waals surface area contributed by atoms with Crippen LogP contribution < -0.4 is 4.74 Å². The van der Waals surface area contributed by atoms with Gasteiger partial charge in [-0.05, 0) is 36.8 Å². The number of nitrogens with zero attached hydrogens (tertiary/aromatic N) is 3. The van der Waals surface area contributed by atoms with Gasteiger partial charge in [0.05, 0.1) is 13.1 Å². The lowest BCUT2D eigenvalue weighted by Gasteiger charge is -2.38. The van der Waals surface area contributed by atoms with Crippen molar-refractivity contribution in [3.63, 3.8) is 0 Å². The van der Waals surface area contributed by atoms with Gasteiger partial charge in [0.1, 0.15) is 23.4 Å². The maximum absolute atomic E-state index is 12.8. The van der Waals surface area contributed by atoms with Crippen molar-refractivity contribution < 1.29 is 13.9 Å². The van der Waals surface area contributed by atoms with Crippen LogP contribution in [0.4, 0.5) is 4.39 Å². The van der Waals surface area contributed by atoms with E-state index in [4.69, 9.17) is 4.74 Å². The molecule has 0 spiro atoms. The predicted molar refractivity (Wildman–Crippen MR) is 79.2 cm³/mol. The van der Waals surface area contributed by atoms with E-state index in [0.717, 1.165) is 13.0 Å². The molecule has 0 radical (unpaired) electrons. The Labute approximate surface area is 128 Å². The average Bonchev–Trinajstić information content (AvgIpc) is 2.92. The molecule has 1 aromatic heterocycles. The van der Waals surface area contributed by atoms with Crippen molar-refractivity contribution >= 4 is 5.91 Å². The molecule has 0 aliphatic carbocycles. The first-order valence-corrected chi connectivity index (χ1v) is 7.40. The van der Waals surface area contributed by atoms with Crippen molar-refractivity contribution in [2.45, 2.75) is 26.0 Å². The SMILES string of the molecule is CCCn1nccc1C(=O)N1CC(Oc2ccc(F)cc2)C1. The highest BCUT2D eigenvalue weighted by molar-refractivity contribution is 5.93. The van der Waals surface area contributed by atoms with Gasteiger partial charge in [-0.15, -0.1) is 0 Å². The van der Waals surface area contributed by atoms with Crippen LogP contribution in [0.3, 0.4) is 0 Å². The molecule has 1 amide bonds. The van der Waals surface area contributed by atoms with Crippen LogP contribution in [-0.4, -0.2) is 39.8 Å². The third-order valence-corrected chi connectivity index (χ3v) is 3.62. The number of benzene rings is 1. The van der Waals surface area contributed by atoms with E-state index in [-0.39, 0.29) is 17.8 Å². The van der Waals surface area contributed by atoms with E-state index in [1.54, 1.807) is 34.0 Å². The zero-order valence-corrected chi connectivity index (χ0v) is 12.4. The number of hydrogen-bond acceptors (Lipinski definition) is 3. The molecule has 0 N–H and O–H groups in total. The van der Waals surface area contributed by atoms with Crippen LogP contribution in [-0.2, 0) is 6.54 Å². The Morgan fingerprint density at radius 3 is 2.73 bits per heavy atom. The second-order valence-electron chi connectivity index (χ2n) is 5.34. The van der Waals surface area contributed by atoms with Crippen LogP contribution in [0.15, 0.2) is 36.5 Å². The zero-order chi connectivity index (χ0) is 15.5. The summed E-state index contributed by atoms with van der Waals surface area (Å²) in [6, 6.07) is 7.65. The molecule has 1 fully saturated rings. The van der Waals surface area contributed by atoms with Gasteiger partial charge in [0.2, 0.25) is 0 Å². The van der Waals surface area contributed by atoms with E-state index in [2.05, 4.69) is 5.10 Å². The number of likely N-dealkylation sites (tertiary alicyclic amines) is 1. The number of amides is 1. The Kier molecular flexibility index (Phi) is 4.09. The third-order valence-electron chi connectivity index (χ3n) is 3.62. The molecule has 1 saturated heterocycles. The minimum atomic E-state index is -0.290. The number of aryl methyl sites for hydroxylation is 1. The monoisotopic (exact) mass is 303 g/mol. The Morgan fingerprint density at radius 1 is 1.32 bits per heavy atom. The first-order valence-electron chi connectivity index (χ1n) is 7.40. The maximum Gasteiger partial charge on any atom is 0.272 e. The van der Waals surface area contributed by atoms with Gasteiger partial charge in [-0.25, -0.2) is 4.39 Å². The summed E-state index contributed by atoms with van der Waals surface area (Å²) in [7, 11) is 0. The summed E-state index contributed by atoms with van der Waals surface area (Å²) in [5, 5.41) is 4.17. The topological polar surface area (TPSA) is 47.4 Å². The molecule has 0 atom stereocenters. The highest BCUT2D eigenvalue weighted by atomic mass is 19.1. The fourth-order valence-electron chi connectivity index (χ4n) is 2.45. The molecule has 116 valence electrons. The van der Waals surface area contributed by atoms with Crippen molar-refractivity contribution in [2.24, 2.45) is 0 Å². The van der Waals surface area contributed by atoms with Crippen molar-refractivity contribution in [3.05, 3.63) is 48.0 Å². The first-order chi connectivity index (χ1) is 10.7. The van der Waals surface area contributed by atoms with E-state index in [9.17, 15) is 9.18 Å². The molecule has 2 aromatic rings. The Bertz CT molecular complexity index is 648. The largest absolute Gasteiger partial charge is 0.487 e. The molecular weight excluding hydrogens is 285 g/mol. The quantitative estimate of drug-likeness (QED) is 0.852. The van der Waals surface area contributed by atoms with Gasteiger partial charge in [0.25, 0.3) is 5.91 Å².